The number of nitrogens with zero attached hydrogens (tertiary/aromatic N) is 4. The summed E-state index contributed by atoms with van der Waals surface area (Å²) in [5.74, 6) is 0.478. The highest BCUT2D eigenvalue weighted by Crippen LogP contribution is 2.32. The van der Waals surface area contributed by atoms with E-state index in [1.807, 2.05) is 46.0 Å². The monoisotopic (exact) mass is 472 g/mol. The molecule has 0 radical (unpaired) electrons. The molecule has 0 saturated heterocycles. The summed E-state index contributed by atoms with van der Waals surface area (Å²) in [7, 11) is 0. The number of hydrogen-bond donors (Lipinski definition) is 0. The highest BCUT2D eigenvalue weighted by molar-refractivity contribution is 8.00. The summed E-state index contributed by atoms with van der Waals surface area (Å²) < 4.78 is 3.16. The summed E-state index contributed by atoms with van der Waals surface area (Å²) in [5.41, 5.74) is 3.40. The number of thiazole rings is 1. The molecule has 4 rings (SSSR count). The fraction of sp³-hybridized carbons (Fsp3) is 0.261. The summed E-state index contributed by atoms with van der Waals surface area (Å²) in [6, 6.07) is 14.3. The Morgan fingerprint density at radius 2 is 1.97 bits per heavy atom. The number of imidazole rings is 1. The fourth-order valence-electron chi connectivity index (χ4n) is 3.23. The zero-order valence-corrected chi connectivity index (χ0v) is 20.0. The zero-order chi connectivity index (χ0) is 20.9. The van der Waals surface area contributed by atoms with Crippen LogP contribution in [0.1, 0.15) is 17.5 Å². The van der Waals surface area contributed by atoms with Crippen LogP contribution >= 0.6 is 35.5 Å². The second-order valence-electron chi connectivity index (χ2n) is 7.15. The molecule has 0 fully saturated rings. The number of anilines is 1. The standard InChI is InChI=1S/C23H24N4OS2.ClH/c1-17-9-10-20-22(18(17)2)25-23(30-20)27(13-6-12-26-14-11-24-16-26)21(28)15-29-19-7-4-3-5-8-19;/h3-5,7-11,14,16H,6,12-13,15H2,1-2H3;1H. The van der Waals surface area contributed by atoms with Crippen LogP contribution in [-0.2, 0) is 11.3 Å². The minimum absolute atomic E-state index is 0. The van der Waals surface area contributed by atoms with E-state index in [4.69, 9.17) is 4.98 Å². The van der Waals surface area contributed by atoms with Crippen molar-refractivity contribution in [1.29, 1.82) is 0 Å². The predicted molar refractivity (Wildman–Crippen MR) is 133 cm³/mol. The Kier molecular flexibility index (Phi) is 8.12. The van der Waals surface area contributed by atoms with E-state index in [1.54, 1.807) is 35.6 Å². The van der Waals surface area contributed by atoms with Crippen molar-refractivity contribution >= 4 is 56.8 Å². The first-order valence-electron chi connectivity index (χ1n) is 9.92. The minimum Gasteiger partial charge on any atom is -0.337 e. The summed E-state index contributed by atoms with van der Waals surface area (Å²) in [6.07, 6.45) is 6.37. The predicted octanol–water partition coefficient (Wildman–Crippen LogP) is 5.75. The van der Waals surface area contributed by atoms with Crippen LogP contribution in [0.3, 0.4) is 0 Å². The molecule has 0 saturated carbocycles. The Morgan fingerprint density at radius 3 is 2.71 bits per heavy atom. The molecule has 0 aliphatic heterocycles. The Balaban J connectivity index is 0.00000272. The van der Waals surface area contributed by atoms with Crippen LogP contribution in [0.25, 0.3) is 10.2 Å². The molecule has 5 nitrogen and oxygen atoms in total. The fourth-order valence-corrected chi connectivity index (χ4v) is 5.09. The Hall–Kier alpha value is -2.35. The van der Waals surface area contributed by atoms with Crippen LogP contribution in [-0.4, -0.2) is 32.7 Å². The maximum absolute atomic E-state index is 13.2. The summed E-state index contributed by atoms with van der Waals surface area (Å²) in [5, 5.41) is 0.781. The average Bonchev–Trinajstić information content (AvgIpc) is 3.43. The summed E-state index contributed by atoms with van der Waals surface area (Å²) in [6.45, 7) is 5.64. The lowest BCUT2D eigenvalue weighted by atomic mass is 10.1. The molecule has 0 bridgehead atoms. The Morgan fingerprint density at radius 1 is 1.16 bits per heavy atom. The van der Waals surface area contributed by atoms with Gasteiger partial charge in [0.25, 0.3) is 0 Å². The van der Waals surface area contributed by atoms with Crippen LogP contribution in [0.4, 0.5) is 5.13 Å². The van der Waals surface area contributed by atoms with E-state index in [1.165, 1.54) is 11.1 Å². The molecular formula is C23H25ClN4OS2. The molecule has 0 atom stereocenters. The van der Waals surface area contributed by atoms with Gasteiger partial charge < -0.3 is 4.57 Å². The number of benzene rings is 2. The van der Waals surface area contributed by atoms with Gasteiger partial charge in [-0.15, -0.1) is 24.2 Å². The quantitative estimate of drug-likeness (QED) is 0.306. The van der Waals surface area contributed by atoms with Crippen molar-refractivity contribution in [2.24, 2.45) is 0 Å². The van der Waals surface area contributed by atoms with Crippen molar-refractivity contribution < 1.29 is 4.79 Å². The number of amides is 1. The molecule has 2 heterocycles. The highest BCUT2D eigenvalue weighted by atomic mass is 35.5. The highest BCUT2D eigenvalue weighted by Gasteiger charge is 2.20. The molecule has 0 N–H and O–H groups in total. The van der Waals surface area contributed by atoms with E-state index in [-0.39, 0.29) is 18.3 Å². The van der Waals surface area contributed by atoms with Crippen LogP contribution in [0.5, 0.6) is 0 Å². The van der Waals surface area contributed by atoms with Gasteiger partial charge in [0.15, 0.2) is 5.13 Å². The number of carbonyl (C=O) groups excluding carboxylic acids is 1. The molecule has 162 valence electrons. The Labute approximate surface area is 196 Å². The van der Waals surface area contributed by atoms with Crippen molar-refractivity contribution in [2.75, 3.05) is 17.2 Å². The third-order valence-electron chi connectivity index (χ3n) is 5.07. The minimum atomic E-state index is 0. The zero-order valence-electron chi connectivity index (χ0n) is 17.5. The molecule has 0 unspecified atom stereocenters. The van der Waals surface area contributed by atoms with Gasteiger partial charge in [0.2, 0.25) is 5.91 Å². The van der Waals surface area contributed by atoms with E-state index in [0.717, 1.165) is 33.2 Å². The maximum atomic E-state index is 13.2. The summed E-state index contributed by atoms with van der Waals surface area (Å²) in [4.78, 5) is 25.1. The molecule has 1 amide bonds. The first kappa shape index (κ1) is 23.3. The number of thioether (sulfide) groups is 1. The van der Waals surface area contributed by atoms with Gasteiger partial charge in [0.05, 0.1) is 22.3 Å². The molecule has 2 aromatic heterocycles. The lowest BCUT2D eigenvalue weighted by molar-refractivity contribution is -0.116. The van der Waals surface area contributed by atoms with Gasteiger partial charge >= 0.3 is 0 Å². The number of fused-ring (bicyclic) bond motifs is 1. The van der Waals surface area contributed by atoms with Gasteiger partial charge in [-0.3, -0.25) is 9.69 Å². The normalized spacial score (nSPS) is 10.8. The van der Waals surface area contributed by atoms with E-state index >= 15 is 0 Å². The lowest BCUT2D eigenvalue weighted by Gasteiger charge is -2.20. The number of aryl methyl sites for hydroxylation is 3. The van der Waals surface area contributed by atoms with Crippen molar-refractivity contribution in [3.8, 4) is 0 Å². The van der Waals surface area contributed by atoms with Gasteiger partial charge in [-0.05, 0) is 49.6 Å². The topological polar surface area (TPSA) is 51.0 Å². The number of carbonyl (C=O) groups is 1. The molecule has 0 aliphatic rings. The largest absolute Gasteiger partial charge is 0.337 e. The molecule has 8 heteroatoms. The van der Waals surface area contributed by atoms with Crippen LogP contribution in [0, 0.1) is 13.8 Å². The van der Waals surface area contributed by atoms with Crippen LogP contribution < -0.4 is 4.90 Å². The van der Waals surface area contributed by atoms with Crippen LogP contribution in [0.2, 0.25) is 0 Å². The van der Waals surface area contributed by atoms with Gasteiger partial charge in [-0.1, -0.05) is 35.6 Å². The number of rotatable bonds is 8. The first-order chi connectivity index (χ1) is 14.6. The molecular weight excluding hydrogens is 448 g/mol. The molecule has 4 aromatic rings. The van der Waals surface area contributed by atoms with Crippen molar-refractivity contribution in [3.63, 3.8) is 0 Å². The van der Waals surface area contributed by atoms with Crippen molar-refractivity contribution in [2.45, 2.75) is 31.7 Å². The summed E-state index contributed by atoms with van der Waals surface area (Å²) >= 11 is 3.16. The molecule has 0 spiro atoms. The first-order valence-corrected chi connectivity index (χ1v) is 11.7. The number of aromatic nitrogens is 3. The smallest absolute Gasteiger partial charge is 0.239 e. The second kappa shape index (κ2) is 10.8. The Bertz CT molecular complexity index is 1130. The number of halogens is 1. The third-order valence-corrected chi connectivity index (χ3v) is 7.11. The SMILES string of the molecule is Cc1ccc2sc(N(CCCn3ccnc3)C(=O)CSc3ccccc3)nc2c1C.Cl. The van der Waals surface area contributed by atoms with E-state index in [2.05, 4.69) is 31.0 Å². The van der Waals surface area contributed by atoms with E-state index in [9.17, 15) is 4.79 Å². The van der Waals surface area contributed by atoms with E-state index < -0.39 is 0 Å². The van der Waals surface area contributed by atoms with E-state index in [0.29, 0.717) is 12.3 Å². The average molecular weight is 473 g/mol. The van der Waals surface area contributed by atoms with Gasteiger partial charge in [-0.25, -0.2) is 9.97 Å². The molecule has 31 heavy (non-hydrogen) atoms. The molecule has 0 aliphatic carbocycles. The van der Waals surface area contributed by atoms with Gasteiger partial charge in [-0.2, -0.15) is 0 Å². The number of hydrogen-bond acceptors (Lipinski definition) is 5. The lowest BCUT2D eigenvalue weighted by Crippen LogP contribution is -2.33. The third kappa shape index (κ3) is 5.67. The van der Waals surface area contributed by atoms with Gasteiger partial charge in [0, 0.05) is 30.4 Å². The van der Waals surface area contributed by atoms with Crippen molar-refractivity contribution in [3.05, 3.63) is 72.3 Å². The van der Waals surface area contributed by atoms with Crippen molar-refractivity contribution in [1.82, 2.24) is 14.5 Å². The maximum Gasteiger partial charge on any atom is 0.239 e. The van der Waals surface area contributed by atoms with Crippen LogP contribution in [0.15, 0.2) is 66.1 Å². The van der Waals surface area contributed by atoms with Gasteiger partial charge in [0.1, 0.15) is 0 Å². The molecule has 2 aromatic carbocycles. The second-order valence-corrected chi connectivity index (χ2v) is 9.21.